The van der Waals surface area contributed by atoms with Gasteiger partial charge in [-0.15, -0.1) is 0 Å². The molecule has 0 unspecified atom stereocenters. The molecule has 0 aliphatic carbocycles. The molecule has 0 heterocycles. The molecule has 0 N–H and O–H groups in total. The van der Waals surface area contributed by atoms with Crippen molar-refractivity contribution in [1.82, 2.24) is 4.90 Å². The minimum absolute atomic E-state index is 0.0290. The maximum atomic E-state index is 13.0. The molecule has 0 spiro atoms. The van der Waals surface area contributed by atoms with Gasteiger partial charge < -0.3 is 9.64 Å². The van der Waals surface area contributed by atoms with Crippen molar-refractivity contribution in [3.63, 3.8) is 0 Å². The van der Waals surface area contributed by atoms with Gasteiger partial charge in [-0.3, -0.25) is 4.79 Å². The van der Waals surface area contributed by atoms with Gasteiger partial charge in [0.15, 0.2) is 6.61 Å². The van der Waals surface area contributed by atoms with Gasteiger partial charge in [0.25, 0.3) is 5.91 Å². The Labute approximate surface area is 92.4 Å². The summed E-state index contributed by atoms with van der Waals surface area (Å²) in [7, 11) is 3.24. The smallest absolute Gasteiger partial charge is 0.259 e. The SMILES string of the molecule is CN(C)C(=O)COc1ccc(Cl)c(F)c1. The second-order valence-corrected chi connectivity index (χ2v) is 3.56. The Bertz CT molecular complexity index is 368. The Hall–Kier alpha value is -1.29. The summed E-state index contributed by atoms with van der Waals surface area (Å²) in [6, 6.07) is 4.03. The van der Waals surface area contributed by atoms with Gasteiger partial charge in [0.05, 0.1) is 5.02 Å². The fraction of sp³-hybridized carbons (Fsp3) is 0.300. The summed E-state index contributed by atoms with van der Waals surface area (Å²) in [5.41, 5.74) is 0. The lowest BCUT2D eigenvalue weighted by atomic mass is 10.3. The summed E-state index contributed by atoms with van der Waals surface area (Å²) in [6.45, 7) is -0.117. The average molecular weight is 232 g/mol. The first-order valence-electron chi connectivity index (χ1n) is 4.28. The number of rotatable bonds is 3. The van der Waals surface area contributed by atoms with E-state index in [0.29, 0.717) is 0 Å². The van der Waals surface area contributed by atoms with E-state index in [2.05, 4.69) is 0 Å². The highest BCUT2D eigenvalue weighted by Crippen LogP contribution is 2.20. The third kappa shape index (κ3) is 3.40. The molecule has 0 atom stereocenters. The first-order chi connectivity index (χ1) is 7.00. The van der Waals surface area contributed by atoms with Crippen molar-refractivity contribution in [2.24, 2.45) is 0 Å². The minimum Gasteiger partial charge on any atom is -0.484 e. The molecular formula is C10H11ClFNO2. The van der Waals surface area contributed by atoms with Crippen LogP contribution in [0.1, 0.15) is 0 Å². The van der Waals surface area contributed by atoms with E-state index in [1.807, 2.05) is 0 Å². The molecule has 0 saturated heterocycles. The number of carbonyl (C=O) groups is 1. The van der Waals surface area contributed by atoms with Crippen molar-refractivity contribution in [3.8, 4) is 5.75 Å². The minimum atomic E-state index is -0.563. The van der Waals surface area contributed by atoms with Crippen molar-refractivity contribution in [2.75, 3.05) is 20.7 Å². The predicted molar refractivity (Wildman–Crippen MR) is 55.6 cm³/mol. The van der Waals surface area contributed by atoms with E-state index in [1.165, 1.54) is 17.0 Å². The van der Waals surface area contributed by atoms with Crippen LogP contribution in [0, 0.1) is 5.82 Å². The van der Waals surface area contributed by atoms with Crippen LogP contribution in [0.4, 0.5) is 4.39 Å². The van der Waals surface area contributed by atoms with E-state index in [0.717, 1.165) is 6.07 Å². The monoisotopic (exact) mass is 231 g/mol. The molecule has 0 saturated carbocycles. The van der Waals surface area contributed by atoms with Gasteiger partial charge in [-0.1, -0.05) is 11.6 Å². The van der Waals surface area contributed by atoms with Crippen molar-refractivity contribution in [2.45, 2.75) is 0 Å². The molecule has 15 heavy (non-hydrogen) atoms. The molecule has 0 aliphatic heterocycles. The largest absolute Gasteiger partial charge is 0.484 e. The van der Waals surface area contributed by atoms with Crippen LogP contribution in [0.15, 0.2) is 18.2 Å². The van der Waals surface area contributed by atoms with E-state index in [-0.39, 0.29) is 23.3 Å². The molecule has 0 bridgehead atoms. The highest BCUT2D eigenvalue weighted by atomic mass is 35.5. The Morgan fingerprint density at radius 3 is 2.73 bits per heavy atom. The Morgan fingerprint density at radius 1 is 1.53 bits per heavy atom. The first kappa shape index (κ1) is 11.8. The third-order valence-corrected chi connectivity index (χ3v) is 2.06. The Kier molecular flexibility index (Phi) is 3.91. The number of benzene rings is 1. The summed E-state index contributed by atoms with van der Waals surface area (Å²) in [5.74, 6) is -0.469. The lowest BCUT2D eigenvalue weighted by Gasteiger charge is -2.11. The average Bonchev–Trinajstić information content (AvgIpc) is 2.19. The number of ether oxygens (including phenoxy) is 1. The highest BCUT2D eigenvalue weighted by Gasteiger charge is 2.06. The molecule has 1 rings (SSSR count). The lowest BCUT2D eigenvalue weighted by Crippen LogP contribution is -2.27. The summed E-state index contributed by atoms with van der Waals surface area (Å²) >= 11 is 5.49. The molecular weight excluding hydrogens is 221 g/mol. The molecule has 0 radical (unpaired) electrons. The first-order valence-corrected chi connectivity index (χ1v) is 4.66. The Morgan fingerprint density at radius 2 is 2.20 bits per heavy atom. The molecule has 82 valence electrons. The van der Waals surface area contributed by atoms with Crippen LogP contribution in [-0.2, 0) is 4.79 Å². The molecule has 1 aromatic carbocycles. The van der Waals surface area contributed by atoms with Gasteiger partial charge in [-0.2, -0.15) is 0 Å². The topological polar surface area (TPSA) is 29.5 Å². The zero-order valence-electron chi connectivity index (χ0n) is 8.46. The van der Waals surface area contributed by atoms with Crippen molar-refractivity contribution in [1.29, 1.82) is 0 Å². The number of hydrogen-bond acceptors (Lipinski definition) is 2. The van der Waals surface area contributed by atoms with Crippen LogP contribution in [0.2, 0.25) is 5.02 Å². The van der Waals surface area contributed by atoms with E-state index < -0.39 is 5.82 Å². The van der Waals surface area contributed by atoms with Crippen LogP contribution in [0.5, 0.6) is 5.75 Å². The second-order valence-electron chi connectivity index (χ2n) is 3.15. The summed E-state index contributed by atoms with van der Waals surface area (Å²) in [6.07, 6.45) is 0. The summed E-state index contributed by atoms with van der Waals surface area (Å²) < 4.78 is 18.0. The van der Waals surface area contributed by atoms with Gasteiger partial charge >= 0.3 is 0 Å². The van der Waals surface area contributed by atoms with Crippen molar-refractivity contribution < 1.29 is 13.9 Å². The van der Waals surface area contributed by atoms with Crippen LogP contribution in [0.25, 0.3) is 0 Å². The predicted octanol–water partition coefficient (Wildman–Crippen LogP) is 1.95. The molecule has 1 amide bonds. The summed E-state index contributed by atoms with van der Waals surface area (Å²) in [5, 5.41) is 0.0290. The second kappa shape index (κ2) is 4.98. The quantitative estimate of drug-likeness (QED) is 0.796. The van der Waals surface area contributed by atoms with Gasteiger partial charge in [0, 0.05) is 20.2 Å². The zero-order chi connectivity index (χ0) is 11.4. The van der Waals surface area contributed by atoms with Crippen LogP contribution in [-0.4, -0.2) is 31.5 Å². The van der Waals surface area contributed by atoms with E-state index in [4.69, 9.17) is 16.3 Å². The Balaban J connectivity index is 2.58. The number of nitrogens with zero attached hydrogens (tertiary/aromatic N) is 1. The van der Waals surface area contributed by atoms with E-state index in [1.54, 1.807) is 14.1 Å². The summed E-state index contributed by atoms with van der Waals surface area (Å²) in [4.78, 5) is 12.5. The van der Waals surface area contributed by atoms with Gasteiger partial charge in [0.2, 0.25) is 0 Å². The number of amides is 1. The van der Waals surface area contributed by atoms with Crippen LogP contribution < -0.4 is 4.74 Å². The maximum Gasteiger partial charge on any atom is 0.259 e. The fourth-order valence-corrected chi connectivity index (χ4v) is 0.958. The fourth-order valence-electron chi connectivity index (χ4n) is 0.841. The highest BCUT2D eigenvalue weighted by molar-refractivity contribution is 6.30. The van der Waals surface area contributed by atoms with Gasteiger partial charge in [-0.05, 0) is 12.1 Å². The molecule has 0 aliphatic rings. The number of halogens is 2. The van der Waals surface area contributed by atoms with E-state index in [9.17, 15) is 9.18 Å². The van der Waals surface area contributed by atoms with E-state index >= 15 is 0 Å². The zero-order valence-corrected chi connectivity index (χ0v) is 9.21. The van der Waals surface area contributed by atoms with Crippen molar-refractivity contribution in [3.05, 3.63) is 29.0 Å². The maximum absolute atomic E-state index is 13.0. The number of hydrogen-bond donors (Lipinski definition) is 0. The normalized spacial score (nSPS) is 9.87. The lowest BCUT2D eigenvalue weighted by molar-refractivity contribution is -0.130. The van der Waals surface area contributed by atoms with Crippen molar-refractivity contribution >= 4 is 17.5 Å². The molecule has 3 nitrogen and oxygen atoms in total. The molecule has 0 fully saturated rings. The standard InChI is InChI=1S/C10H11ClFNO2/c1-13(2)10(14)6-15-7-3-4-8(11)9(12)5-7/h3-5H,6H2,1-2H3. The molecule has 1 aromatic rings. The van der Waals surface area contributed by atoms with Crippen LogP contribution in [0.3, 0.4) is 0 Å². The molecule has 0 aromatic heterocycles. The third-order valence-electron chi connectivity index (χ3n) is 1.75. The number of likely N-dealkylation sites (N-methyl/N-ethyl adjacent to an activating group) is 1. The van der Waals surface area contributed by atoms with Gasteiger partial charge in [0.1, 0.15) is 11.6 Å². The number of carbonyl (C=O) groups excluding carboxylic acids is 1. The van der Waals surface area contributed by atoms with Gasteiger partial charge in [-0.25, -0.2) is 4.39 Å². The molecule has 5 heteroatoms. The van der Waals surface area contributed by atoms with Crippen LogP contribution >= 0.6 is 11.6 Å².